The third kappa shape index (κ3) is 2.56. The van der Waals surface area contributed by atoms with Crippen molar-refractivity contribution in [2.45, 2.75) is 0 Å². The molecule has 0 saturated carbocycles. The van der Waals surface area contributed by atoms with Crippen molar-refractivity contribution in [3.63, 3.8) is 0 Å². The molecule has 0 atom stereocenters. The molecule has 1 aromatic carbocycles. The average Bonchev–Trinajstić information content (AvgIpc) is 2.60. The molecule has 14 heteroatoms. The predicted molar refractivity (Wildman–Crippen MR) is 92.4 cm³/mol. The first-order valence-corrected chi connectivity index (χ1v) is 7.26. The van der Waals surface area contributed by atoms with Crippen LogP contribution in [0.15, 0.2) is 29.1 Å². The Kier molecular flexibility index (Phi) is 3.95. The monoisotopic (exact) mass is 389 g/mol. The van der Waals surface area contributed by atoms with E-state index in [1.807, 2.05) is 0 Å². The number of nitro benzene ring substituents is 4. The summed E-state index contributed by atoms with van der Waals surface area (Å²) in [5.41, 5.74) is -5.45. The summed E-state index contributed by atoms with van der Waals surface area (Å²) in [6, 6.07) is 3.04. The number of rotatable bonds is 4. The molecule has 0 saturated heterocycles. The van der Waals surface area contributed by atoms with Crippen molar-refractivity contribution in [1.29, 1.82) is 0 Å². The molecule has 3 rings (SSSR count). The minimum absolute atomic E-state index is 0.150. The SMILES string of the molecule is Cn1c2c([N+](=O)[O-])cc([N+](=O)[O-])c(=O)c-2cc2cc([N+](=O)[O-])cc([N+](=O)[O-])c21. The van der Waals surface area contributed by atoms with Gasteiger partial charge in [0.15, 0.2) is 0 Å². The van der Waals surface area contributed by atoms with E-state index in [4.69, 9.17) is 0 Å². The Morgan fingerprint density at radius 2 is 1.32 bits per heavy atom. The number of hydrogen-bond donors (Lipinski definition) is 0. The van der Waals surface area contributed by atoms with E-state index in [9.17, 15) is 45.3 Å². The summed E-state index contributed by atoms with van der Waals surface area (Å²) in [4.78, 5) is 53.5. The third-order valence-electron chi connectivity index (χ3n) is 4.12. The lowest BCUT2D eigenvalue weighted by atomic mass is 10.0. The molecule has 0 unspecified atom stereocenters. The highest BCUT2D eigenvalue weighted by atomic mass is 16.6. The van der Waals surface area contributed by atoms with Crippen LogP contribution < -0.4 is 5.43 Å². The largest absolute Gasteiger partial charge is 0.332 e. The number of benzene rings is 2. The summed E-state index contributed by atoms with van der Waals surface area (Å²) in [5, 5.41) is 44.8. The van der Waals surface area contributed by atoms with Crippen LogP contribution in [0.4, 0.5) is 22.7 Å². The Labute approximate surface area is 152 Å². The molecule has 0 spiro atoms. The number of non-ortho nitro benzene ring substituents is 3. The first-order valence-electron chi connectivity index (χ1n) is 7.26. The molecule has 0 radical (unpaired) electrons. The number of fused-ring (bicyclic) bond motifs is 2. The molecule has 2 aliphatic rings. The lowest BCUT2D eigenvalue weighted by Gasteiger charge is -2.15. The van der Waals surface area contributed by atoms with E-state index in [0.29, 0.717) is 12.1 Å². The van der Waals surface area contributed by atoms with Gasteiger partial charge in [0.05, 0.1) is 31.3 Å². The minimum atomic E-state index is -1.16. The second kappa shape index (κ2) is 6.04. The van der Waals surface area contributed by atoms with Gasteiger partial charge in [-0.25, -0.2) is 0 Å². The first-order chi connectivity index (χ1) is 13.0. The zero-order valence-corrected chi connectivity index (χ0v) is 13.7. The first kappa shape index (κ1) is 18.3. The summed E-state index contributed by atoms with van der Waals surface area (Å²) in [7, 11) is 1.18. The Morgan fingerprint density at radius 3 is 1.82 bits per heavy atom. The Morgan fingerprint density at radius 1 is 0.750 bits per heavy atom. The highest BCUT2D eigenvalue weighted by Crippen LogP contribution is 2.39. The summed E-state index contributed by atoms with van der Waals surface area (Å²) in [6.45, 7) is 0. The van der Waals surface area contributed by atoms with E-state index < -0.39 is 53.4 Å². The van der Waals surface area contributed by atoms with Gasteiger partial charge >= 0.3 is 11.4 Å². The summed E-state index contributed by atoms with van der Waals surface area (Å²) >= 11 is 0. The normalized spacial score (nSPS) is 10.9. The zero-order chi connectivity index (χ0) is 20.9. The van der Waals surface area contributed by atoms with Crippen molar-refractivity contribution in [3.8, 4) is 11.3 Å². The molecule has 0 amide bonds. The number of aromatic nitrogens is 1. The van der Waals surface area contributed by atoms with Gasteiger partial charge < -0.3 is 4.57 Å². The fourth-order valence-corrected chi connectivity index (χ4v) is 3.02. The number of aryl methyl sites for hydroxylation is 1. The molecular formula is C14H7N5O9. The maximum absolute atomic E-state index is 12.4. The van der Waals surface area contributed by atoms with Gasteiger partial charge in [0.1, 0.15) is 17.3 Å². The van der Waals surface area contributed by atoms with Crippen LogP contribution in [0, 0.1) is 40.5 Å². The molecule has 14 nitrogen and oxygen atoms in total. The Hall–Kier alpha value is -4.49. The van der Waals surface area contributed by atoms with Crippen LogP contribution in [0.5, 0.6) is 0 Å². The average molecular weight is 389 g/mol. The maximum Gasteiger partial charge on any atom is 0.323 e. The van der Waals surface area contributed by atoms with Crippen molar-refractivity contribution in [2.24, 2.45) is 7.05 Å². The van der Waals surface area contributed by atoms with Crippen molar-refractivity contribution < 1.29 is 19.7 Å². The Balaban J connectivity index is 2.67. The van der Waals surface area contributed by atoms with Gasteiger partial charge in [0, 0.05) is 18.5 Å². The van der Waals surface area contributed by atoms with Crippen molar-refractivity contribution in [2.75, 3.05) is 0 Å². The molecule has 1 aliphatic heterocycles. The topological polar surface area (TPSA) is 195 Å². The lowest BCUT2D eigenvalue weighted by Crippen LogP contribution is -2.17. The summed E-state index contributed by atoms with van der Waals surface area (Å²) in [6.07, 6.45) is 0. The van der Waals surface area contributed by atoms with E-state index in [2.05, 4.69) is 0 Å². The fourth-order valence-electron chi connectivity index (χ4n) is 3.02. The van der Waals surface area contributed by atoms with Gasteiger partial charge in [-0.1, -0.05) is 0 Å². The van der Waals surface area contributed by atoms with E-state index in [0.717, 1.165) is 16.7 Å². The van der Waals surface area contributed by atoms with Crippen molar-refractivity contribution in [1.82, 2.24) is 4.57 Å². The van der Waals surface area contributed by atoms with Crippen molar-refractivity contribution >= 4 is 33.7 Å². The highest BCUT2D eigenvalue weighted by Gasteiger charge is 2.33. The number of nitrogens with zero attached hydrogens (tertiary/aromatic N) is 5. The van der Waals surface area contributed by atoms with Crippen LogP contribution in [0.25, 0.3) is 22.2 Å². The van der Waals surface area contributed by atoms with E-state index in [-0.39, 0.29) is 16.6 Å². The number of pyridine rings is 1. The fraction of sp³-hybridized carbons (Fsp3) is 0.0714. The molecule has 0 bridgehead atoms. The van der Waals surface area contributed by atoms with Crippen LogP contribution in [0.1, 0.15) is 0 Å². The van der Waals surface area contributed by atoms with Gasteiger partial charge in [0.25, 0.3) is 16.8 Å². The molecule has 142 valence electrons. The predicted octanol–water partition coefficient (Wildman–Crippen LogP) is 2.28. The third-order valence-corrected chi connectivity index (χ3v) is 4.12. The lowest BCUT2D eigenvalue weighted by molar-refractivity contribution is -0.394. The van der Waals surface area contributed by atoms with Crippen LogP contribution in [0.3, 0.4) is 0 Å². The molecular weight excluding hydrogens is 382 g/mol. The smallest absolute Gasteiger partial charge is 0.323 e. The van der Waals surface area contributed by atoms with Gasteiger partial charge in [-0.2, -0.15) is 0 Å². The van der Waals surface area contributed by atoms with Gasteiger partial charge in [-0.05, 0) is 6.07 Å². The van der Waals surface area contributed by atoms with Crippen LogP contribution in [-0.2, 0) is 7.05 Å². The van der Waals surface area contributed by atoms with E-state index in [1.165, 1.54) is 7.05 Å². The maximum atomic E-state index is 12.4. The van der Waals surface area contributed by atoms with Gasteiger partial charge in [-0.3, -0.25) is 45.3 Å². The number of nitro groups is 4. The molecule has 1 heterocycles. The van der Waals surface area contributed by atoms with Gasteiger partial charge in [0.2, 0.25) is 0 Å². The molecule has 1 aromatic rings. The van der Waals surface area contributed by atoms with Crippen LogP contribution in [0.2, 0.25) is 0 Å². The minimum Gasteiger partial charge on any atom is -0.332 e. The Bertz CT molecular complexity index is 1260. The van der Waals surface area contributed by atoms with Gasteiger partial charge in [-0.15, -0.1) is 0 Å². The van der Waals surface area contributed by atoms with Crippen molar-refractivity contribution in [3.05, 3.63) is 74.9 Å². The number of hydrogen-bond acceptors (Lipinski definition) is 9. The van der Waals surface area contributed by atoms with Crippen LogP contribution in [-0.4, -0.2) is 24.3 Å². The molecule has 1 aliphatic carbocycles. The molecule has 28 heavy (non-hydrogen) atoms. The van der Waals surface area contributed by atoms with Crippen LogP contribution >= 0.6 is 0 Å². The standard InChI is InChI=1S/C14H7N5O9/c1-15-12-6(2-7(16(21)22)4-9(12)17(23)24)3-8-13(15)10(18(25)26)5-11(14(8)20)19(27)28/h2-5H,1H3. The molecule has 0 N–H and O–H groups in total. The summed E-state index contributed by atoms with van der Waals surface area (Å²) in [5.74, 6) is 0. The highest BCUT2D eigenvalue weighted by molar-refractivity contribution is 5.96. The summed E-state index contributed by atoms with van der Waals surface area (Å²) < 4.78 is 0.954. The van der Waals surface area contributed by atoms with E-state index in [1.54, 1.807) is 0 Å². The quantitative estimate of drug-likeness (QED) is 0.365. The second-order valence-electron chi connectivity index (χ2n) is 5.64. The second-order valence-corrected chi connectivity index (χ2v) is 5.64. The molecule has 0 aromatic heterocycles. The zero-order valence-electron chi connectivity index (χ0n) is 13.7. The van der Waals surface area contributed by atoms with E-state index >= 15 is 0 Å². The molecule has 0 fully saturated rings.